The Kier molecular flexibility index (Phi) is 5.26. The lowest BCUT2D eigenvalue weighted by Gasteiger charge is -2.09. The number of nitrogens with one attached hydrogen (secondary N) is 3. The topological polar surface area (TPSA) is 83.2 Å². The molecule has 1 aromatic heterocycles. The molecule has 1 aromatic carbocycles. The van der Waals surface area contributed by atoms with Crippen molar-refractivity contribution in [3.8, 4) is 5.75 Å². The zero-order valence-electron chi connectivity index (χ0n) is 11.9. The fourth-order valence-electron chi connectivity index (χ4n) is 1.68. The lowest BCUT2D eigenvalue weighted by atomic mass is 10.2. The van der Waals surface area contributed by atoms with Gasteiger partial charge in [0.05, 0.1) is 5.56 Å². The molecule has 0 saturated heterocycles. The van der Waals surface area contributed by atoms with Gasteiger partial charge < -0.3 is 9.72 Å². The number of hydrogen-bond donors (Lipinski definition) is 3. The summed E-state index contributed by atoms with van der Waals surface area (Å²) in [6.07, 6.45) is 1.62. The number of benzene rings is 1. The number of pyridine rings is 1. The Morgan fingerprint density at radius 2 is 2.05 bits per heavy atom. The highest BCUT2D eigenvalue weighted by Crippen LogP contribution is 2.11. The zero-order valence-corrected chi connectivity index (χ0v) is 12.7. The van der Waals surface area contributed by atoms with Gasteiger partial charge in [-0.2, -0.15) is 0 Å². The number of aromatic amines is 1. The van der Waals surface area contributed by atoms with Crippen molar-refractivity contribution in [3.63, 3.8) is 0 Å². The second kappa shape index (κ2) is 7.37. The number of aromatic nitrogens is 1. The minimum Gasteiger partial charge on any atom is -0.484 e. The van der Waals surface area contributed by atoms with E-state index in [2.05, 4.69) is 15.8 Å². The van der Waals surface area contributed by atoms with Crippen LogP contribution < -0.4 is 15.6 Å². The largest absolute Gasteiger partial charge is 0.484 e. The first-order chi connectivity index (χ1) is 10.6. The predicted octanol–water partition coefficient (Wildman–Crippen LogP) is 1.89. The van der Waals surface area contributed by atoms with Gasteiger partial charge in [0.2, 0.25) is 0 Å². The minimum absolute atomic E-state index is 0.203. The van der Waals surface area contributed by atoms with E-state index in [-0.39, 0.29) is 12.2 Å². The Morgan fingerprint density at radius 3 is 2.77 bits per heavy atom. The third-order valence-electron chi connectivity index (χ3n) is 2.74. The van der Waals surface area contributed by atoms with Gasteiger partial charge in [-0.25, -0.2) is 0 Å². The van der Waals surface area contributed by atoms with E-state index < -0.39 is 11.8 Å². The summed E-state index contributed by atoms with van der Waals surface area (Å²) < 4.78 is 5.62. The molecular formula is C15H15N3O3S. The number of aryl methyl sites for hydroxylation is 1. The van der Waals surface area contributed by atoms with Gasteiger partial charge in [-0.3, -0.25) is 20.4 Å². The standard InChI is InChI=1S/C15H15N3O3S/c1-10-4-2-5-11(8-10)21-9-13(19)17-18-14(20)12-6-3-7-16-15(12)22/h2-8H,9H2,1H3,(H,16,22)(H,17,19)(H,18,20). The molecule has 0 saturated carbocycles. The van der Waals surface area contributed by atoms with Gasteiger partial charge in [0.15, 0.2) is 6.61 Å². The summed E-state index contributed by atoms with van der Waals surface area (Å²) in [7, 11) is 0. The molecule has 0 bridgehead atoms. The second-order valence-electron chi connectivity index (χ2n) is 4.52. The van der Waals surface area contributed by atoms with Crippen LogP contribution in [-0.4, -0.2) is 23.4 Å². The Morgan fingerprint density at radius 1 is 1.23 bits per heavy atom. The molecule has 0 aliphatic rings. The number of hydrazine groups is 1. The van der Waals surface area contributed by atoms with Crippen molar-refractivity contribution in [1.29, 1.82) is 0 Å². The average molecular weight is 317 g/mol. The number of amides is 2. The summed E-state index contributed by atoms with van der Waals surface area (Å²) in [5.41, 5.74) is 5.86. The van der Waals surface area contributed by atoms with Crippen molar-refractivity contribution in [3.05, 3.63) is 58.4 Å². The lowest BCUT2D eigenvalue weighted by Crippen LogP contribution is -2.44. The highest BCUT2D eigenvalue weighted by molar-refractivity contribution is 7.71. The van der Waals surface area contributed by atoms with Crippen molar-refractivity contribution in [2.45, 2.75) is 6.92 Å². The molecule has 114 valence electrons. The van der Waals surface area contributed by atoms with E-state index in [0.717, 1.165) is 5.56 Å². The molecular weight excluding hydrogens is 302 g/mol. The highest BCUT2D eigenvalue weighted by atomic mass is 32.1. The minimum atomic E-state index is -0.495. The smallest absolute Gasteiger partial charge is 0.276 e. The average Bonchev–Trinajstić information content (AvgIpc) is 2.51. The maximum atomic E-state index is 11.8. The second-order valence-corrected chi connectivity index (χ2v) is 4.93. The number of carbonyl (C=O) groups excluding carboxylic acids is 2. The summed E-state index contributed by atoms with van der Waals surface area (Å²) in [4.78, 5) is 26.2. The molecule has 2 aromatic rings. The molecule has 0 aliphatic carbocycles. The molecule has 2 amide bonds. The van der Waals surface area contributed by atoms with E-state index in [9.17, 15) is 9.59 Å². The van der Waals surface area contributed by atoms with Gasteiger partial charge in [-0.1, -0.05) is 24.4 Å². The maximum Gasteiger partial charge on any atom is 0.276 e. The Balaban J connectivity index is 1.82. The van der Waals surface area contributed by atoms with Crippen LogP contribution in [0.3, 0.4) is 0 Å². The van der Waals surface area contributed by atoms with Crippen LogP contribution in [0.2, 0.25) is 0 Å². The van der Waals surface area contributed by atoms with Crippen LogP contribution in [0.1, 0.15) is 15.9 Å². The first-order valence-corrected chi connectivity index (χ1v) is 6.93. The van der Waals surface area contributed by atoms with Gasteiger partial charge in [-0.05, 0) is 36.8 Å². The third-order valence-corrected chi connectivity index (χ3v) is 3.08. The quantitative estimate of drug-likeness (QED) is 0.594. The molecule has 3 N–H and O–H groups in total. The van der Waals surface area contributed by atoms with Crippen molar-refractivity contribution in [2.75, 3.05) is 6.61 Å². The van der Waals surface area contributed by atoms with Crippen LogP contribution in [0.15, 0.2) is 42.6 Å². The van der Waals surface area contributed by atoms with Gasteiger partial charge in [0.1, 0.15) is 10.4 Å². The number of carbonyl (C=O) groups is 2. The summed E-state index contributed by atoms with van der Waals surface area (Å²) >= 11 is 4.98. The number of hydrogen-bond acceptors (Lipinski definition) is 4. The molecule has 0 fully saturated rings. The maximum absolute atomic E-state index is 11.8. The zero-order chi connectivity index (χ0) is 15.9. The monoisotopic (exact) mass is 317 g/mol. The van der Waals surface area contributed by atoms with E-state index in [1.165, 1.54) is 0 Å². The van der Waals surface area contributed by atoms with E-state index in [4.69, 9.17) is 17.0 Å². The Labute approximate surface area is 132 Å². The molecule has 6 nitrogen and oxygen atoms in total. The van der Waals surface area contributed by atoms with E-state index in [1.54, 1.807) is 24.4 Å². The molecule has 0 spiro atoms. The van der Waals surface area contributed by atoms with Crippen LogP contribution in [0.25, 0.3) is 0 Å². The van der Waals surface area contributed by atoms with E-state index in [1.807, 2.05) is 25.1 Å². The molecule has 0 unspecified atom stereocenters. The predicted molar refractivity (Wildman–Crippen MR) is 83.9 cm³/mol. The summed E-state index contributed by atoms with van der Waals surface area (Å²) in [5.74, 6) is -0.376. The molecule has 2 rings (SSSR count). The van der Waals surface area contributed by atoms with Crippen molar-refractivity contribution in [1.82, 2.24) is 15.8 Å². The highest BCUT2D eigenvalue weighted by Gasteiger charge is 2.09. The first kappa shape index (κ1) is 15.7. The van der Waals surface area contributed by atoms with Crippen LogP contribution in [0.4, 0.5) is 0 Å². The van der Waals surface area contributed by atoms with Gasteiger partial charge in [-0.15, -0.1) is 0 Å². The van der Waals surface area contributed by atoms with Gasteiger partial charge in [0.25, 0.3) is 11.8 Å². The molecule has 0 aliphatic heterocycles. The number of rotatable bonds is 4. The first-order valence-electron chi connectivity index (χ1n) is 6.52. The molecule has 22 heavy (non-hydrogen) atoms. The molecule has 0 atom stereocenters. The molecule has 7 heteroatoms. The van der Waals surface area contributed by atoms with Crippen molar-refractivity contribution >= 4 is 24.0 Å². The normalized spacial score (nSPS) is 9.86. The SMILES string of the molecule is Cc1cccc(OCC(=O)NNC(=O)c2ccc[nH]c2=S)c1. The van der Waals surface area contributed by atoms with Gasteiger partial charge >= 0.3 is 0 Å². The molecule has 0 radical (unpaired) electrons. The van der Waals surface area contributed by atoms with Crippen LogP contribution in [0.5, 0.6) is 5.75 Å². The van der Waals surface area contributed by atoms with Crippen LogP contribution in [0, 0.1) is 11.6 Å². The van der Waals surface area contributed by atoms with Crippen LogP contribution in [-0.2, 0) is 4.79 Å². The van der Waals surface area contributed by atoms with E-state index >= 15 is 0 Å². The van der Waals surface area contributed by atoms with Crippen molar-refractivity contribution < 1.29 is 14.3 Å². The Bertz CT molecular complexity index is 743. The summed E-state index contributed by atoms with van der Waals surface area (Å²) in [5, 5.41) is 0. The summed E-state index contributed by atoms with van der Waals surface area (Å²) in [6, 6.07) is 10.5. The van der Waals surface area contributed by atoms with E-state index in [0.29, 0.717) is 10.4 Å². The van der Waals surface area contributed by atoms with Crippen molar-refractivity contribution in [2.24, 2.45) is 0 Å². The fraction of sp³-hybridized carbons (Fsp3) is 0.133. The molecule has 1 heterocycles. The fourth-order valence-corrected chi connectivity index (χ4v) is 1.91. The number of ether oxygens (including phenoxy) is 1. The van der Waals surface area contributed by atoms with Gasteiger partial charge in [0, 0.05) is 6.20 Å². The Hall–Kier alpha value is -2.67. The summed E-state index contributed by atoms with van der Waals surface area (Å²) in [6.45, 7) is 1.72. The number of H-pyrrole nitrogens is 1. The van der Waals surface area contributed by atoms with Crippen LogP contribution >= 0.6 is 12.2 Å². The lowest BCUT2D eigenvalue weighted by molar-refractivity contribution is -0.123. The third kappa shape index (κ3) is 4.42.